The summed E-state index contributed by atoms with van der Waals surface area (Å²) < 4.78 is 5.27. The molecule has 2 N–H and O–H groups in total. The zero-order valence-corrected chi connectivity index (χ0v) is 12.6. The van der Waals surface area contributed by atoms with Gasteiger partial charge in [-0.3, -0.25) is 4.79 Å². The largest absolute Gasteiger partial charge is 0.481 e. The Morgan fingerprint density at radius 1 is 1.40 bits per heavy atom. The molecular formula is C14H26N2O4. The number of piperidine rings is 1. The first-order chi connectivity index (χ1) is 9.35. The highest BCUT2D eigenvalue weighted by Crippen LogP contribution is 2.21. The fourth-order valence-electron chi connectivity index (χ4n) is 2.32. The lowest BCUT2D eigenvalue weighted by Crippen LogP contribution is -2.51. The zero-order valence-electron chi connectivity index (χ0n) is 12.6. The summed E-state index contributed by atoms with van der Waals surface area (Å²) in [5.74, 6) is -0.809. The first-order valence-corrected chi connectivity index (χ1v) is 7.17. The van der Waals surface area contributed by atoms with E-state index in [4.69, 9.17) is 9.84 Å². The third-order valence-electron chi connectivity index (χ3n) is 3.80. The van der Waals surface area contributed by atoms with Gasteiger partial charge in [-0.1, -0.05) is 0 Å². The Labute approximate surface area is 120 Å². The van der Waals surface area contributed by atoms with Crippen molar-refractivity contribution in [1.29, 1.82) is 0 Å². The number of urea groups is 1. The van der Waals surface area contributed by atoms with Gasteiger partial charge in [-0.15, -0.1) is 0 Å². The van der Waals surface area contributed by atoms with Crippen LogP contribution < -0.4 is 5.32 Å². The molecule has 0 aromatic rings. The van der Waals surface area contributed by atoms with Crippen molar-refractivity contribution in [3.63, 3.8) is 0 Å². The predicted molar refractivity (Wildman–Crippen MR) is 75.7 cm³/mol. The second-order valence-corrected chi connectivity index (χ2v) is 5.90. The predicted octanol–water partition coefficient (Wildman–Crippen LogP) is 1.84. The van der Waals surface area contributed by atoms with Crippen LogP contribution >= 0.6 is 0 Å². The molecule has 0 spiro atoms. The van der Waals surface area contributed by atoms with E-state index in [1.807, 2.05) is 13.8 Å². The topological polar surface area (TPSA) is 78.9 Å². The smallest absolute Gasteiger partial charge is 0.317 e. The molecule has 0 aromatic carbocycles. The number of nitrogens with zero attached hydrogens (tertiary/aromatic N) is 1. The first kappa shape index (κ1) is 16.8. The highest BCUT2D eigenvalue weighted by Gasteiger charge is 2.28. The van der Waals surface area contributed by atoms with Gasteiger partial charge in [0.25, 0.3) is 0 Å². The molecule has 1 aliphatic rings. The Hall–Kier alpha value is -1.30. The number of methoxy groups -OCH3 is 1. The minimum Gasteiger partial charge on any atom is -0.481 e. The molecule has 0 aromatic heterocycles. The van der Waals surface area contributed by atoms with Crippen LogP contribution in [0.2, 0.25) is 0 Å². The van der Waals surface area contributed by atoms with E-state index in [2.05, 4.69) is 5.32 Å². The first-order valence-electron chi connectivity index (χ1n) is 7.17. The molecule has 116 valence electrons. The van der Waals surface area contributed by atoms with E-state index < -0.39 is 11.6 Å². The molecule has 1 atom stereocenters. The van der Waals surface area contributed by atoms with Crippen LogP contribution in [0.4, 0.5) is 4.79 Å². The lowest BCUT2D eigenvalue weighted by Gasteiger charge is -2.36. The molecule has 6 heteroatoms. The van der Waals surface area contributed by atoms with Gasteiger partial charge in [0.2, 0.25) is 0 Å². The summed E-state index contributed by atoms with van der Waals surface area (Å²) in [4.78, 5) is 24.7. The molecule has 0 bridgehead atoms. The van der Waals surface area contributed by atoms with Gasteiger partial charge < -0.3 is 20.1 Å². The van der Waals surface area contributed by atoms with Crippen molar-refractivity contribution >= 4 is 12.0 Å². The number of hydrogen-bond acceptors (Lipinski definition) is 3. The molecule has 1 heterocycles. The van der Waals surface area contributed by atoms with E-state index in [1.54, 1.807) is 12.0 Å². The molecule has 0 saturated carbocycles. The Morgan fingerprint density at radius 2 is 2.10 bits per heavy atom. The average Bonchev–Trinajstić information content (AvgIpc) is 2.43. The Morgan fingerprint density at radius 3 is 2.70 bits per heavy atom. The molecule has 1 aliphatic heterocycles. The quantitative estimate of drug-likeness (QED) is 0.781. The van der Waals surface area contributed by atoms with E-state index in [-0.39, 0.29) is 18.5 Å². The average molecular weight is 286 g/mol. The van der Waals surface area contributed by atoms with Gasteiger partial charge in [0.1, 0.15) is 0 Å². The van der Waals surface area contributed by atoms with E-state index in [1.165, 1.54) is 0 Å². The number of carbonyl (C=O) groups is 2. The van der Waals surface area contributed by atoms with E-state index in [0.717, 1.165) is 19.3 Å². The second kappa shape index (κ2) is 7.47. The number of carboxylic acids is 1. The van der Waals surface area contributed by atoms with Crippen molar-refractivity contribution in [1.82, 2.24) is 10.2 Å². The molecule has 2 amide bonds. The standard InChI is InChI=1S/C14H26N2O4/c1-14(2,20-3)10-15-13(19)16-9-5-4-6-11(16)7-8-12(17)18/h11H,4-10H2,1-3H3,(H,15,19)(H,17,18). The number of hydrogen-bond donors (Lipinski definition) is 2. The zero-order chi connectivity index (χ0) is 15.2. The van der Waals surface area contributed by atoms with Crippen LogP contribution in [0.1, 0.15) is 46.0 Å². The summed E-state index contributed by atoms with van der Waals surface area (Å²) >= 11 is 0. The van der Waals surface area contributed by atoms with Crippen molar-refractivity contribution in [3.8, 4) is 0 Å². The number of nitrogens with one attached hydrogen (secondary N) is 1. The lowest BCUT2D eigenvalue weighted by molar-refractivity contribution is -0.137. The molecule has 0 aliphatic carbocycles. The molecule has 6 nitrogen and oxygen atoms in total. The van der Waals surface area contributed by atoms with Gasteiger partial charge in [-0.05, 0) is 39.5 Å². The number of ether oxygens (including phenoxy) is 1. The molecule has 1 unspecified atom stereocenters. The van der Waals surface area contributed by atoms with Crippen LogP contribution in [0.15, 0.2) is 0 Å². The van der Waals surface area contributed by atoms with Crippen LogP contribution in [-0.2, 0) is 9.53 Å². The van der Waals surface area contributed by atoms with E-state index in [9.17, 15) is 9.59 Å². The fourth-order valence-corrected chi connectivity index (χ4v) is 2.32. The molecule has 1 saturated heterocycles. The highest BCUT2D eigenvalue weighted by molar-refractivity contribution is 5.75. The van der Waals surface area contributed by atoms with Gasteiger partial charge in [0, 0.05) is 32.7 Å². The maximum Gasteiger partial charge on any atom is 0.317 e. The molecule has 0 radical (unpaired) electrons. The molecule has 1 rings (SSSR count). The van der Waals surface area contributed by atoms with Gasteiger partial charge >= 0.3 is 12.0 Å². The maximum atomic E-state index is 12.2. The van der Waals surface area contributed by atoms with Gasteiger partial charge in [0.05, 0.1) is 5.60 Å². The fraction of sp³-hybridized carbons (Fsp3) is 0.857. The Bertz CT molecular complexity index is 344. The van der Waals surface area contributed by atoms with Crippen molar-refractivity contribution in [2.75, 3.05) is 20.2 Å². The summed E-state index contributed by atoms with van der Waals surface area (Å²) in [5.41, 5.74) is -0.401. The molecule has 20 heavy (non-hydrogen) atoms. The third kappa shape index (κ3) is 5.36. The minimum atomic E-state index is -0.809. The van der Waals surface area contributed by atoms with Gasteiger partial charge in [-0.25, -0.2) is 4.79 Å². The van der Waals surface area contributed by atoms with Crippen LogP contribution in [0, 0.1) is 0 Å². The summed E-state index contributed by atoms with van der Waals surface area (Å²) in [6, 6.07) is -0.0873. The SMILES string of the molecule is COC(C)(C)CNC(=O)N1CCCCC1CCC(=O)O. The van der Waals surface area contributed by atoms with Crippen LogP contribution in [0.3, 0.4) is 0 Å². The summed E-state index contributed by atoms with van der Waals surface area (Å²) in [6.07, 6.45) is 3.55. The van der Waals surface area contributed by atoms with Crippen molar-refractivity contribution in [2.24, 2.45) is 0 Å². The Balaban J connectivity index is 2.51. The number of rotatable bonds is 6. The molecular weight excluding hydrogens is 260 g/mol. The monoisotopic (exact) mass is 286 g/mol. The maximum absolute atomic E-state index is 12.2. The summed E-state index contributed by atoms with van der Waals surface area (Å²) in [6.45, 7) is 4.95. The van der Waals surface area contributed by atoms with Gasteiger partial charge in [-0.2, -0.15) is 0 Å². The lowest BCUT2D eigenvalue weighted by atomic mass is 9.98. The van der Waals surface area contributed by atoms with Crippen molar-refractivity contribution in [2.45, 2.75) is 57.6 Å². The molecule has 1 fully saturated rings. The normalized spacial score (nSPS) is 19.8. The van der Waals surface area contributed by atoms with E-state index in [0.29, 0.717) is 19.5 Å². The number of carboxylic acid groups (broad SMARTS) is 1. The number of carbonyl (C=O) groups excluding carboxylic acids is 1. The van der Waals surface area contributed by atoms with E-state index >= 15 is 0 Å². The number of amides is 2. The minimum absolute atomic E-state index is 0.0329. The van der Waals surface area contributed by atoms with Crippen LogP contribution in [0.5, 0.6) is 0 Å². The highest BCUT2D eigenvalue weighted by atomic mass is 16.5. The number of likely N-dealkylation sites (tertiary alicyclic amines) is 1. The van der Waals surface area contributed by atoms with Crippen molar-refractivity contribution < 1.29 is 19.4 Å². The second-order valence-electron chi connectivity index (χ2n) is 5.90. The Kier molecular flexibility index (Phi) is 6.26. The summed E-state index contributed by atoms with van der Waals surface area (Å²) in [7, 11) is 1.61. The van der Waals surface area contributed by atoms with Crippen LogP contribution in [-0.4, -0.2) is 53.8 Å². The van der Waals surface area contributed by atoms with Gasteiger partial charge in [0.15, 0.2) is 0 Å². The van der Waals surface area contributed by atoms with Crippen molar-refractivity contribution in [3.05, 3.63) is 0 Å². The number of aliphatic carboxylic acids is 1. The summed E-state index contributed by atoms with van der Waals surface area (Å²) in [5, 5.41) is 11.7. The van der Waals surface area contributed by atoms with Crippen LogP contribution in [0.25, 0.3) is 0 Å². The third-order valence-corrected chi connectivity index (χ3v) is 3.80.